The van der Waals surface area contributed by atoms with Crippen LogP contribution in [-0.4, -0.2) is 20.3 Å². The van der Waals surface area contributed by atoms with Gasteiger partial charge in [0.05, 0.1) is 11.9 Å². The molecule has 0 aliphatic heterocycles. The molecule has 0 heterocycles. The molecule has 0 atom stereocenters. The highest BCUT2D eigenvalue weighted by atomic mass is 32.2. The van der Waals surface area contributed by atoms with Crippen molar-refractivity contribution in [2.24, 2.45) is 0 Å². The first-order chi connectivity index (χ1) is 8.84. The summed E-state index contributed by atoms with van der Waals surface area (Å²) in [5, 5.41) is 0. The maximum absolute atomic E-state index is 11.6. The molecule has 0 unspecified atom stereocenters. The van der Waals surface area contributed by atoms with E-state index in [0.29, 0.717) is 13.0 Å². The Morgan fingerprint density at radius 2 is 2.00 bits per heavy atom. The number of rotatable bonds is 7. The fourth-order valence-corrected chi connectivity index (χ4v) is 2.81. The van der Waals surface area contributed by atoms with Gasteiger partial charge < -0.3 is 4.74 Å². The van der Waals surface area contributed by atoms with Crippen LogP contribution in [0, 0.1) is 6.92 Å². The molecule has 1 N–H and O–H groups in total. The van der Waals surface area contributed by atoms with Gasteiger partial charge in [-0.15, -0.1) is 0 Å². The first-order valence-corrected chi connectivity index (χ1v) is 8.23. The van der Waals surface area contributed by atoms with Crippen LogP contribution in [0.25, 0.3) is 0 Å². The standard InChI is InChI=1S/C14H23NO3S/c1-5-8-19(16,17)15-10-13-6-7-14(12(4)9-13)18-11(2)3/h6-7,9,11,15H,5,8,10H2,1-4H3. The van der Waals surface area contributed by atoms with Crippen molar-refractivity contribution in [2.45, 2.75) is 46.8 Å². The van der Waals surface area contributed by atoms with Crippen molar-refractivity contribution in [3.63, 3.8) is 0 Å². The van der Waals surface area contributed by atoms with Gasteiger partial charge in [0.25, 0.3) is 0 Å². The molecule has 1 rings (SSSR count). The van der Waals surface area contributed by atoms with Gasteiger partial charge in [0.1, 0.15) is 5.75 Å². The van der Waals surface area contributed by atoms with E-state index in [1.807, 2.05) is 45.9 Å². The quantitative estimate of drug-likeness (QED) is 0.838. The largest absolute Gasteiger partial charge is 0.491 e. The first kappa shape index (κ1) is 16.0. The van der Waals surface area contributed by atoms with Crippen molar-refractivity contribution in [2.75, 3.05) is 5.75 Å². The summed E-state index contributed by atoms with van der Waals surface area (Å²) in [7, 11) is -3.15. The number of aryl methyl sites for hydroxylation is 1. The summed E-state index contributed by atoms with van der Waals surface area (Å²) in [5.41, 5.74) is 1.95. The topological polar surface area (TPSA) is 55.4 Å². The van der Waals surface area contributed by atoms with E-state index >= 15 is 0 Å². The molecule has 0 aromatic heterocycles. The normalized spacial score (nSPS) is 11.8. The minimum Gasteiger partial charge on any atom is -0.491 e. The fraction of sp³-hybridized carbons (Fsp3) is 0.571. The molecular formula is C14H23NO3S. The number of ether oxygens (including phenoxy) is 1. The molecular weight excluding hydrogens is 262 g/mol. The highest BCUT2D eigenvalue weighted by molar-refractivity contribution is 7.89. The van der Waals surface area contributed by atoms with E-state index in [9.17, 15) is 8.42 Å². The van der Waals surface area contributed by atoms with Crippen LogP contribution in [0.3, 0.4) is 0 Å². The summed E-state index contributed by atoms with van der Waals surface area (Å²) in [4.78, 5) is 0. The van der Waals surface area contributed by atoms with E-state index < -0.39 is 10.0 Å². The molecule has 0 aliphatic carbocycles. The molecule has 0 saturated carbocycles. The van der Waals surface area contributed by atoms with Crippen LogP contribution in [0.4, 0.5) is 0 Å². The molecule has 5 heteroatoms. The third kappa shape index (κ3) is 5.61. The van der Waals surface area contributed by atoms with E-state index in [0.717, 1.165) is 16.9 Å². The van der Waals surface area contributed by atoms with E-state index in [2.05, 4.69) is 4.72 Å². The molecule has 0 spiro atoms. The third-order valence-corrected chi connectivity index (χ3v) is 4.10. The Kier molecular flexibility index (Phi) is 5.82. The van der Waals surface area contributed by atoms with Crippen LogP contribution in [0.1, 0.15) is 38.3 Å². The zero-order valence-electron chi connectivity index (χ0n) is 12.1. The fourth-order valence-electron chi connectivity index (χ4n) is 1.74. The van der Waals surface area contributed by atoms with E-state index in [4.69, 9.17) is 4.74 Å². The predicted molar refractivity (Wildman–Crippen MR) is 77.9 cm³/mol. The molecule has 108 valence electrons. The number of benzene rings is 1. The van der Waals surface area contributed by atoms with Crippen molar-refractivity contribution in [3.05, 3.63) is 29.3 Å². The average Bonchev–Trinajstić information content (AvgIpc) is 2.29. The Labute approximate surface area is 116 Å². The highest BCUT2D eigenvalue weighted by Gasteiger charge is 2.09. The zero-order valence-corrected chi connectivity index (χ0v) is 12.9. The van der Waals surface area contributed by atoms with Crippen LogP contribution in [-0.2, 0) is 16.6 Å². The lowest BCUT2D eigenvalue weighted by Crippen LogP contribution is -2.25. The molecule has 4 nitrogen and oxygen atoms in total. The molecule has 0 saturated heterocycles. The molecule has 0 aliphatic rings. The third-order valence-electron chi connectivity index (χ3n) is 2.57. The minimum absolute atomic E-state index is 0.132. The second-order valence-corrected chi connectivity index (χ2v) is 6.83. The number of sulfonamides is 1. The highest BCUT2D eigenvalue weighted by Crippen LogP contribution is 2.20. The van der Waals surface area contributed by atoms with Gasteiger partial charge in [-0.25, -0.2) is 13.1 Å². The number of hydrogen-bond donors (Lipinski definition) is 1. The van der Waals surface area contributed by atoms with Gasteiger partial charge in [0.2, 0.25) is 10.0 Å². The molecule has 1 aromatic rings. The van der Waals surface area contributed by atoms with Gasteiger partial charge in [-0.1, -0.05) is 19.1 Å². The summed E-state index contributed by atoms with van der Waals surface area (Å²) in [6, 6.07) is 5.73. The van der Waals surface area contributed by atoms with Gasteiger partial charge in [0, 0.05) is 6.54 Å². The lowest BCUT2D eigenvalue weighted by Gasteiger charge is -2.13. The monoisotopic (exact) mass is 285 g/mol. The predicted octanol–water partition coefficient (Wildman–Crippen LogP) is 2.61. The van der Waals surface area contributed by atoms with Crippen LogP contribution < -0.4 is 9.46 Å². The summed E-state index contributed by atoms with van der Waals surface area (Å²) < 4.78 is 31.4. The summed E-state index contributed by atoms with van der Waals surface area (Å²) in [6.45, 7) is 8.09. The maximum Gasteiger partial charge on any atom is 0.211 e. The number of nitrogens with one attached hydrogen (secondary N) is 1. The second kappa shape index (κ2) is 6.91. The lowest BCUT2D eigenvalue weighted by atomic mass is 10.1. The van der Waals surface area contributed by atoms with E-state index in [1.165, 1.54) is 0 Å². The van der Waals surface area contributed by atoms with Crippen molar-refractivity contribution in [3.8, 4) is 5.75 Å². The van der Waals surface area contributed by atoms with Gasteiger partial charge in [-0.2, -0.15) is 0 Å². The smallest absolute Gasteiger partial charge is 0.211 e. The first-order valence-electron chi connectivity index (χ1n) is 6.57. The Hall–Kier alpha value is -1.07. The van der Waals surface area contributed by atoms with Crippen molar-refractivity contribution in [1.82, 2.24) is 4.72 Å². The molecule has 0 amide bonds. The van der Waals surface area contributed by atoms with Crippen molar-refractivity contribution in [1.29, 1.82) is 0 Å². The second-order valence-electron chi connectivity index (χ2n) is 4.91. The van der Waals surface area contributed by atoms with Gasteiger partial charge in [-0.3, -0.25) is 0 Å². The lowest BCUT2D eigenvalue weighted by molar-refractivity contribution is 0.240. The van der Waals surface area contributed by atoms with Crippen LogP contribution >= 0.6 is 0 Å². The summed E-state index contributed by atoms with van der Waals surface area (Å²) in [6.07, 6.45) is 0.753. The minimum atomic E-state index is -3.15. The van der Waals surface area contributed by atoms with Gasteiger partial charge in [0.15, 0.2) is 0 Å². The van der Waals surface area contributed by atoms with Crippen molar-refractivity contribution < 1.29 is 13.2 Å². The Morgan fingerprint density at radius 3 is 2.53 bits per heavy atom. The summed E-state index contributed by atoms with van der Waals surface area (Å²) >= 11 is 0. The van der Waals surface area contributed by atoms with Crippen LogP contribution in [0.2, 0.25) is 0 Å². The average molecular weight is 285 g/mol. The van der Waals surface area contributed by atoms with E-state index in [-0.39, 0.29) is 11.9 Å². The zero-order chi connectivity index (χ0) is 14.5. The Balaban J connectivity index is 2.69. The maximum atomic E-state index is 11.6. The van der Waals surface area contributed by atoms with Crippen molar-refractivity contribution >= 4 is 10.0 Å². The molecule has 19 heavy (non-hydrogen) atoms. The van der Waals surface area contributed by atoms with Gasteiger partial charge in [-0.05, 0) is 44.4 Å². The number of hydrogen-bond acceptors (Lipinski definition) is 3. The molecule has 1 aromatic carbocycles. The Morgan fingerprint density at radius 1 is 1.32 bits per heavy atom. The molecule has 0 radical (unpaired) electrons. The molecule has 0 bridgehead atoms. The van der Waals surface area contributed by atoms with Gasteiger partial charge >= 0.3 is 0 Å². The van der Waals surface area contributed by atoms with Crippen LogP contribution in [0.5, 0.6) is 5.75 Å². The SMILES string of the molecule is CCCS(=O)(=O)NCc1ccc(OC(C)C)c(C)c1. The van der Waals surface area contributed by atoms with Crippen LogP contribution in [0.15, 0.2) is 18.2 Å². The summed E-state index contributed by atoms with van der Waals surface area (Å²) in [5.74, 6) is 1.01. The Bertz CT molecular complexity index is 509. The van der Waals surface area contributed by atoms with E-state index in [1.54, 1.807) is 0 Å². The molecule has 0 fully saturated rings.